The Balaban J connectivity index is 1.75. The summed E-state index contributed by atoms with van der Waals surface area (Å²) in [5.41, 5.74) is 1.13. The summed E-state index contributed by atoms with van der Waals surface area (Å²) in [6.45, 7) is 3.53. The summed E-state index contributed by atoms with van der Waals surface area (Å²) in [5.74, 6) is 2.91. The second-order valence-corrected chi connectivity index (χ2v) is 5.76. The van der Waals surface area contributed by atoms with Crippen molar-refractivity contribution in [2.24, 2.45) is 0 Å². The molecule has 2 heterocycles. The number of hydrogen-bond acceptors (Lipinski definition) is 3. The molecule has 0 spiro atoms. The third-order valence-electron chi connectivity index (χ3n) is 3.44. The second kappa shape index (κ2) is 5.33. The molecule has 0 amide bonds. The van der Waals surface area contributed by atoms with Gasteiger partial charge in [0, 0.05) is 17.4 Å². The van der Waals surface area contributed by atoms with Crippen LogP contribution >= 0.6 is 15.9 Å². The van der Waals surface area contributed by atoms with Crippen molar-refractivity contribution in [2.75, 3.05) is 0 Å². The van der Waals surface area contributed by atoms with E-state index in [1.165, 1.54) is 12.8 Å². The van der Waals surface area contributed by atoms with Gasteiger partial charge in [0.2, 0.25) is 0 Å². The molecule has 0 atom stereocenters. The molecule has 0 saturated carbocycles. The minimum atomic E-state index is 0.476. The maximum absolute atomic E-state index is 5.87. The molecule has 19 heavy (non-hydrogen) atoms. The number of rotatable bonds is 3. The topological polar surface area (TPSA) is 39.9 Å². The Labute approximate surface area is 120 Å². The quantitative estimate of drug-likeness (QED) is 0.871. The van der Waals surface area contributed by atoms with E-state index in [1.54, 1.807) is 0 Å². The molecule has 100 valence electrons. The van der Waals surface area contributed by atoms with Crippen molar-refractivity contribution in [3.8, 4) is 5.75 Å². The van der Waals surface area contributed by atoms with Crippen molar-refractivity contribution >= 4 is 15.9 Å². The minimum absolute atomic E-state index is 0.476. The molecule has 0 aliphatic carbocycles. The van der Waals surface area contributed by atoms with Gasteiger partial charge < -0.3 is 9.30 Å². The Bertz CT molecular complexity index is 594. The molecule has 5 heteroatoms. The monoisotopic (exact) mass is 321 g/mol. The van der Waals surface area contributed by atoms with Gasteiger partial charge in [-0.2, -0.15) is 0 Å². The van der Waals surface area contributed by atoms with Gasteiger partial charge in [0.15, 0.2) is 5.82 Å². The predicted octanol–water partition coefficient (Wildman–Crippen LogP) is 3.26. The van der Waals surface area contributed by atoms with E-state index in [-0.39, 0.29) is 0 Å². The summed E-state index contributed by atoms with van der Waals surface area (Å²) in [7, 11) is 0. The van der Waals surface area contributed by atoms with E-state index < -0.39 is 0 Å². The number of nitrogens with zero attached hydrogens (tertiary/aromatic N) is 3. The molecule has 0 fully saturated rings. The summed E-state index contributed by atoms with van der Waals surface area (Å²) in [4.78, 5) is 0. The molecule has 1 aliphatic heterocycles. The summed E-state index contributed by atoms with van der Waals surface area (Å²) in [6.07, 6.45) is 3.45. The third kappa shape index (κ3) is 2.66. The van der Waals surface area contributed by atoms with Gasteiger partial charge in [-0.1, -0.05) is 22.0 Å². The van der Waals surface area contributed by atoms with Crippen LogP contribution in [-0.4, -0.2) is 14.8 Å². The molecule has 0 unspecified atom stereocenters. The fourth-order valence-corrected chi connectivity index (χ4v) is 2.69. The van der Waals surface area contributed by atoms with E-state index in [9.17, 15) is 0 Å². The van der Waals surface area contributed by atoms with Crippen molar-refractivity contribution in [1.82, 2.24) is 14.8 Å². The molecule has 4 nitrogen and oxygen atoms in total. The van der Waals surface area contributed by atoms with Gasteiger partial charge in [0.25, 0.3) is 0 Å². The maximum Gasteiger partial charge on any atom is 0.171 e. The van der Waals surface area contributed by atoms with E-state index in [0.717, 1.165) is 40.4 Å². The normalized spacial score (nSPS) is 14.2. The van der Waals surface area contributed by atoms with Crippen LogP contribution in [0.15, 0.2) is 22.7 Å². The fraction of sp³-hybridized carbons (Fsp3) is 0.429. The number of ether oxygens (including phenoxy) is 1. The van der Waals surface area contributed by atoms with Crippen LogP contribution in [0.5, 0.6) is 5.75 Å². The summed E-state index contributed by atoms with van der Waals surface area (Å²) < 4.78 is 9.09. The summed E-state index contributed by atoms with van der Waals surface area (Å²) in [5, 5.41) is 8.47. The van der Waals surface area contributed by atoms with Crippen LogP contribution in [0.1, 0.15) is 30.1 Å². The smallest absolute Gasteiger partial charge is 0.171 e. The van der Waals surface area contributed by atoms with Gasteiger partial charge in [-0.05, 0) is 37.5 Å². The molecular formula is C14H16BrN3O. The largest absolute Gasteiger partial charge is 0.485 e. The molecule has 3 rings (SSSR count). The van der Waals surface area contributed by atoms with Gasteiger partial charge >= 0.3 is 0 Å². The highest BCUT2D eigenvalue weighted by Gasteiger charge is 2.16. The zero-order valence-electron chi connectivity index (χ0n) is 10.9. The van der Waals surface area contributed by atoms with E-state index >= 15 is 0 Å². The van der Waals surface area contributed by atoms with Gasteiger partial charge in [-0.3, -0.25) is 0 Å². The van der Waals surface area contributed by atoms with Crippen LogP contribution in [0.2, 0.25) is 0 Å². The van der Waals surface area contributed by atoms with E-state index in [2.05, 4.69) is 30.7 Å². The highest BCUT2D eigenvalue weighted by Crippen LogP contribution is 2.24. The molecular weight excluding hydrogens is 306 g/mol. The lowest BCUT2D eigenvalue weighted by Gasteiger charge is -2.15. The lowest BCUT2D eigenvalue weighted by Crippen LogP contribution is -2.14. The number of aromatic nitrogens is 3. The van der Waals surface area contributed by atoms with E-state index in [0.29, 0.717) is 6.61 Å². The Morgan fingerprint density at radius 2 is 2.21 bits per heavy atom. The van der Waals surface area contributed by atoms with Crippen LogP contribution in [0.25, 0.3) is 0 Å². The molecule has 2 aromatic rings. The van der Waals surface area contributed by atoms with E-state index in [4.69, 9.17) is 4.74 Å². The van der Waals surface area contributed by atoms with E-state index in [1.807, 2.05) is 25.1 Å². The van der Waals surface area contributed by atoms with Crippen LogP contribution in [-0.2, 0) is 19.6 Å². The average Bonchev–Trinajstić information content (AvgIpc) is 2.83. The summed E-state index contributed by atoms with van der Waals surface area (Å²) in [6, 6.07) is 6.04. The molecule has 0 N–H and O–H groups in total. The Morgan fingerprint density at radius 3 is 3.11 bits per heavy atom. The second-order valence-electron chi connectivity index (χ2n) is 4.84. The third-order valence-corrected chi connectivity index (χ3v) is 3.94. The Kier molecular flexibility index (Phi) is 3.55. The zero-order chi connectivity index (χ0) is 13.2. The molecule has 1 aliphatic rings. The molecule has 1 aromatic heterocycles. The SMILES string of the molecule is Cc1ccc(Br)cc1OCc1nnc2n1CCCC2. The number of halogens is 1. The van der Waals surface area contributed by atoms with Gasteiger partial charge in [-0.15, -0.1) is 10.2 Å². The molecule has 0 bridgehead atoms. The average molecular weight is 322 g/mol. The van der Waals surface area contributed by atoms with Crippen molar-refractivity contribution in [3.63, 3.8) is 0 Å². The van der Waals surface area contributed by atoms with Crippen LogP contribution in [0.3, 0.4) is 0 Å². The highest BCUT2D eigenvalue weighted by molar-refractivity contribution is 9.10. The number of benzene rings is 1. The van der Waals surface area contributed by atoms with Crippen molar-refractivity contribution < 1.29 is 4.74 Å². The zero-order valence-corrected chi connectivity index (χ0v) is 12.5. The minimum Gasteiger partial charge on any atom is -0.485 e. The number of hydrogen-bond donors (Lipinski definition) is 0. The van der Waals surface area contributed by atoms with Gasteiger partial charge in [0.05, 0.1) is 0 Å². The van der Waals surface area contributed by atoms with Crippen molar-refractivity contribution in [3.05, 3.63) is 39.9 Å². The lowest BCUT2D eigenvalue weighted by molar-refractivity contribution is 0.284. The van der Waals surface area contributed by atoms with Gasteiger partial charge in [-0.25, -0.2) is 0 Å². The Morgan fingerprint density at radius 1 is 1.32 bits per heavy atom. The lowest BCUT2D eigenvalue weighted by atomic mass is 10.2. The fourth-order valence-electron chi connectivity index (χ4n) is 2.35. The van der Waals surface area contributed by atoms with Crippen molar-refractivity contribution in [1.29, 1.82) is 0 Å². The predicted molar refractivity (Wildman–Crippen MR) is 76.2 cm³/mol. The first-order chi connectivity index (χ1) is 9.24. The molecule has 1 aromatic carbocycles. The first kappa shape index (κ1) is 12.7. The maximum atomic E-state index is 5.87. The highest BCUT2D eigenvalue weighted by atomic mass is 79.9. The molecule has 0 saturated heterocycles. The van der Waals surface area contributed by atoms with Crippen molar-refractivity contribution in [2.45, 2.75) is 39.3 Å². The van der Waals surface area contributed by atoms with Crippen LogP contribution in [0, 0.1) is 6.92 Å². The number of aryl methyl sites for hydroxylation is 2. The van der Waals surface area contributed by atoms with Gasteiger partial charge in [0.1, 0.15) is 18.2 Å². The van der Waals surface area contributed by atoms with Crippen LogP contribution < -0.4 is 4.74 Å². The Hall–Kier alpha value is -1.36. The first-order valence-electron chi connectivity index (χ1n) is 6.54. The molecule has 0 radical (unpaired) electrons. The summed E-state index contributed by atoms with van der Waals surface area (Å²) >= 11 is 3.46. The number of fused-ring (bicyclic) bond motifs is 1. The first-order valence-corrected chi connectivity index (χ1v) is 7.33. The van der Waals surface area contributed by atoms with Crippen LogP contribution in [0.4, 0.5) is 0 Å². The standard InChI is InChI=1S/C14H16BrN3O/c1-10-5-6-11(15)8-12(10)19-9-14-17-16-13-4-2-3-7-18(13)14/h5-6,8H,2-4,7,9H2,1H3.